The third-order valence-corrected chi connectivity index (χ3v) is 2.75. The number of benzene rings is 1. The van der Waals surface area contributed by atoms with Gasteiger partial charge in [-0.1, -0.05) is 24.3 Å². The number of hydrogen-bond donors (Lipinski definition) is 2. The van der Waals surface area contributed by atoms with Gasteiger partial charge in [0, 0.05) is 19.2 Å². The summed E-state index contributed by atoms with van der Waals surface area (Å²) in [6.45, 7) is 2.15. The Labute approximate surface area is 106 Å². The molecule has 0 bridgehead atoms. The number of fused-ring (bicyclic) bond motifs is 1. The fraction of sp³-hybridized carbons (Fsp3) is 0.286. The van der Waals surface area contributed by atoms with Gasteiger partial charge < -0.3 is 10.6 Å². The normalized spacial score (nSPS) is 13.5. The van der Waals surface area contributed by atoms with Crippen molar-refractivity contribution in [3.8, 4) is 0 Å². The lowest BCUT2D eigenvalue weighted by Crippen LogP contribution is -2.20. The Kier molecular flexibility index (Phi) is 3.77. The first-order valence-electron chi connectivity index (χ1n) is 5.99. The molecule has 0 saturated heterocycles. The molecule has 0 radical (unpaired) electrons. The highest BCUT2D eigenvalue weighted by Gasteiger charge is 2.16. The first-order chi connectivity index (χ1) is 8.65. The summed E-state index contributed by atoms with van der Waals surface area (Å²) in [7, 11) is 0. The monoisotopic (exact) mass is 244 g/mol. The average Bonchev–Trinajstić information content (AvgIpc) is 2.67. The van der Waals surface area contributed by atoms with Gasteiger partial charge in [-0.15, -0.1) is 0 Å². The van der Waals surface area contributed by atoms with E-state index < -0.39 is 0 Å². The summed E-state index contributed by atoms with van der Waals surface area (Å²) in [6, 6.07) is 5.93. The summed E-state index contributed by atoms with van der Waals surface area (Å²) in [5, 5.41) is 5.56. The molecule has 0 fully saturated rings. The number of nitrogens with one attached hydrogen (secondary N) is 2. The van der Waals surface area contributed by atoms with Gasteiger partial charge in [-0.05, 0) is 23.6 Å². The molecule has 18 heavy (non-hydrogen) atoms. The van der Waals surface area contributed by atoms with E-state index in [1.54, 1.807) is 0 Å². The second-order valence-electron chi connectivity index (χ2n) is 4.32. The molecule has 4 nitrogen and oxygen atoms in total. The van der Waals surface area contributed by atoms with E-state index in [9.17, 15) is 9.59 Å². The molecule has 2 N–H and O–H groups in total. The van der Waals surface area contributed by atoms with Gasteiger partial charge in [-0.25, -0.2) is 0 Å². The van der Waals surface area contributed by atoms with Crippen molar-refractivity contribution in [3.63, 3.8) is 0 Å². The van der Waals surface area contributed by atoms with Crippen LogP contribution in [0.4, 0.5) is 5.69 Å². The van der Waals surface area contributed by atoms with Crippen LogP contribution in [-0.4, -0.2) is 18.4 Å². The third-order valence-electron chi connectivity index (χ3n) is 2.75. The predicted octanol–water partition coefficient (Wildman–Crippen LogP) is 1.72. The molecule has 0 unspecified atom stereocenters. The molecular formula is C14H16N2O2. The molecule has 0 atom stereocenters. The first kappa shape index (κ1) is 12.4. The molecule has 0 spiro atoms. The Balaban J connectivity index is 1.91. The van der Waals surface area contributed by atoms with E-state index in [1.165, 1.54) is 6.92 Å². The Hall–Kier alpha value is -2.10. The van der Waals surface area contributed by atoms with E-state index in [0.29, 0.717) is 13.0 Å². The SMILES string of the molecule is CC(=O)NCCC=Cc1ccc2c(c1)NC(=O)C2. The zero-order valence-electron chi connectivity index (χ0n) is 10.3. The smallest absolute Gasteiger partial charge is 0.228 e. The minimum Gasteiger partial charge on any atom is -0.356 e. The zero-order chi connectivity index (χ0) is 13.0. The van der Waals surface area contributed by atoms with Crippen LogP contribution in [0.15, 0.2) is 24.3 Å². The van der Waals surface area contributed by atoms with Crippen LogP contribution in [0.2, 0.25) is 0 Å². The zero-order valence-corrected chi connectivity index (χ0v) is 10.3. The maximum Gasteiger partial charge on any atom is 0.228 e. The van der Waals surface area contributed by atoms with E-state index in [1.807, 2.05) is 30.4 Å². The summed E-state index contributed by atoms with van der Waals surface area (Å²) >= 11 is 0. The first-order valence-corrected chi connectivity index (χ1v) is 5.99. The molecule has 1 aliphatic rings. The Morgan fingerprint density at radius 3 is 3.11 bits per heavy atom. The van der Waals surface area contributed by atoms with Crippen molar-refractivity contribution >= 4 is 23.6 Å². The summed E-state index contributed by atoms with van der Waals surface area (Å²) in [6.07, 6.45) is 5.27. The quantitative estimate of drug-likeness (QED) is 0.792. The van der Waals surface area contributed by atoms with Gasteiger partial charge in [0.2, 0.25) is 11.8 Å². The van der Waals surface area contributed by atoms with E-state index in [-0.39, 0.29) is 11.8 Å². The van der Waals surface area contributed by atoms with Crippen LogP contribution in [0.1, 0.15) is 24.5 Å². The molecule has 1 aliphatic heterocycles. The third kappa shape index (κ3) is 3.20. The molecule has 0 aromatic heterocycles. The molecule has 2 rings (SSSR count). The van der Waals surface area contributed by atoms with Gasteiger partial charge in [0.05, 0.1) is 6.42 Å². The molecule has 1 aromatic rings. The van der Waals surface area contributed by atoms with Gasteiger partial charge in [-0.2, -0.15) is 0 Å². The van der Waals surface area contributed by atoms with E-state index in [0.717, 1.165) is 23.2 Å². The molecule has 0 saturated carbocycles. The molecule has 4 heteroatoms. The van der Waals surface area contributed by atoms with E-state index >= 15 is 0 Å². The fourth-order valence-corrected chi connectivity index (χ4v) is 1.89. The summed E-state index contributed by atoms with van der Waals surface area (Å²) in [4.78, 5) is 21.9. The van der Waals surface area contributed by atoms with Crippen LogP contribution >= 0.6 is 0 Å². The molecule has 94 valence electrons. The minimum absolute atomic E-state index is 0.0105. The van der Waals surface area contributed by atoms with Crippen molar-refractivity contribution in [2.24, 2.45) is 0 Å². The summed E-state index contributed by atoms with van der Waals surface area (Å²) in [5.41, 5.74) is 3.01. The second kappa shape index (κ2) is 5.49. The summed E-state index contributed by atoms with van der Waals surface area (Å²) < 4.78 is 0. The minimum atomic E-state index is -0.0105. The van der Waals surface area contributed by atoms with Crippen LogP contribution in [0.3, 0.4) is 0 Å². The number of anilines is 1. The van der Waals surface area contributed by atoms with Gasteiger partial charge in [0.25, 0.3) is 0 Å². The van der Waals surface area contributed by atoms with Gasteiger partial charge in [-0.3, -0.25) is 9.59 Å². The van der Waals surface area contributed by atoms with Crippen molar-refractivity contribution in [1.29, 1.82) is 0 Å². The highest BCUT2D eigenvalue weighted by molar-refractivity contribution is 5.99. The molecular weight excluding hydrogens is 228 g/mol. The highest BCUT2D eigenvalue weighted by Crippen LogP contribution is 2.24. The predicted molar refractivity (Wildman–Crippen MR) is 71.1 cm³/mol. The van der Waals surface area contributed by atoms with Crippen molar-refractivity contribution in [3.05, 3.63) is 35.4 Å². The van der Waals surface area contributed by atoms with Crippen molar-refractivity contribution in [2.45, 2.75) is 19.8 Å². The van der Waals surface area contributed by atoms with Crippen LogP contribution < -0.4 is 10.6 Å². The van der Waals surface area contributed by atoms with Crippen LogP contribution in [0.25, 0.3) is 6.08 Å². The Bertz CT molecular complexity index is 507. The van der Waals surface area contributed by atoms with Crippen molar-refractivity contribution in [2.75, 3.05) is 11.9 Å². The van der Waals surface area contributed by atoms with Gasteiger partial charge in [0.1, 0.15) is 0 Å². The lowest BCUT2D eigenvalue weighted by Gasteiger charge is -2.00. The van der Waals surface area contributed by atoms with Gasteiger partial charge in [0.15, 0.2) is 0 Å². The summed E-state index contributed by atoms with van der Waals surface area (Å²) in [5.74, 6) is 0.0421. The van der Waals surface area contributed by atoms with Crippen LogP contribution in [-0.2, 0) is 16.0 Å². The van der Waals surface area contributed by atoms with Gasteiger partial charge >= 0.3 is 0 Å². The standard InChI is InChI=1S/C14H16N2O2/c1-10(17)15-7-3-2-4-11-5-6-12-9-14(18)16-13(12)8-11/h2,4-6,8H,3,7,9H2,1H3,(H,15,17)(H,16,18). The van der Waals surface area contributed by atoms with Crippen LogP contribution in [0.5, 0.6) is 0 Å². The number of amides is 2. The van der Waals surface area contributed by atoms with Crippen molar-refractivity contribution < 1.29 is 9.59 Å². The number of hydrogen-bond acceptors (Lipinski definition) is 2. The van der Waals surface area contributed by atoms with Crippen LogP contribution in [0, 0.1) is 0 Å². The maximum atomic E-state index is 11.2. The highest BCUT2D eigenvalue weighted by atomic mass is 16.2. The Morgan fingerprint density at radius 2 is 2.33 bits per heavy atom. The fourth-order valence-electron chi connectivity index (χ4n) is 1.89. The lowest BCUT2D eigenvalue weighted by molar-refractivity contribution is -0.119. The van der Waals surface area contributed by atoms with Crippen molar-refractivity contribution in [1.82, 2.24) is 5.32 Å². The topological polar surface area (TPSA) is 58.2 Å². The Morgan fingerprint density at radius 1 is 1.50 bits per heavy atom. The molecule has 1 aromatic carbocycles. The number of rotatable bonds is 4. The largest absolute Gasteiger partial charge is 0.356 e. The number of carbonyl (C=O) groups is 2. The number of carbonyl (C=O) groups excluding carboxylic acids is 2. The molecule has 2 amide bonds. The molecule has 0 aliphatic carbocycles. The molecule has 1 heterocycles. The van der Waals surface area contributed by atoms with E-state index in [4.69, 9.17) is 0 Å². The lowest BCUT2D eigenvalue weighted by atomic mass is 10.1. The average molecular weight is 244 g/mol. The van der Waals surface area contributed by atoms with E-state index in [2.05, 4.69) is 10.6 Å². The second-order valence-corrected chi connectivity index (χ2v) is 4.32. The maximum absolute atomic E-state index is 11.2.